The van der Waals surface area contributed by atoms with Crippen LogP contribution in [0.4, 0.5) is 5.82 Å². The Morgan fingerprint density at radius 2 is 2.12 bits per heavy atom. The highest BCUT2D eigenvalue weighted by atomic mass is 16.2. The summed E-state index contributed by atoms with van der Waals surface area (Å²) in [5.41, 5.74) is 3.06. The van der Waals surface area contributed by atoms with Crippen molar-refractivity contribution < 1.29 is 9.59 Å². The molecule has 3 rings (SSSR count). The van der Waals surface area contributed by atoms with E-state index in [1.807, 2.05) is 55.8 Å². The standard InChI is InChI=1S/C19H24N4O2/c1-4-16(19(25)20-12-15-7-5-6-13(2)10-15)23-17-11-14(3)21-22(17)9-8-18(23)24/h5-7,10-11,16H,4,8-9,12H2,1-3H3,(H,20,25)/t16-/m1/s1. The van der Waals surface area contributed by atoms with Crippen molar-refractivity contribution >= 4 is 17.6 Å². The topological polar surface area (TPSA) is 67.2 Å². The van der Waals surface area contributed by atoms with Crippen molar-refractivity contribution in [1.82, 2.24) is 15.1 Å². The van der Waals surface area contributed by atoms with Gasteiger partial charge in [-0.15, -0.1) is 0 Å². The number of nitrogens with zero attached hydrogens (tertiary/aromatic N) is 3. The average Bonchev–Trinajstić information content (AvgIpc) is 2.96. The van der Waals surface area contributed by atoms with Gasteiger partial charge in [0.25, 0.3) is 0 Å². The van der Waals surface area contributed by atoms with E-state index in [1.54, 1.807) is 4.90 Å². The third-order valence-corrected chi connectivity index (χ3v) is 4.48. The van der Waals surface area contributed by atoms with E-state index in [0.717, 1.165) is 16.8 Å². The van der Waals surface area contributed by atoms with Gasteiger partial charge in [-0.3, -0.25) is 14.5 Å². The number of amides is 2. The highest BCUT2D eigenvalue weighted by molar-refractivity contribution is 6.00. The van der Waals surface area contributed by atoms with E-state index < -0.39 is 6.04 Å². The molecule has 1 aromatic heterocycles. The van der Waals surface area contributed by atoms with Gasteiger partial charge in [-0.2, -0.15) is 5.10 Å². The summed E-state index contributed by atoms with van der Waals surface area (Å²) in [6.07, 6.45) is 0.922. The summed E-state index contributed by atoms with van der Waals surface area (Å²) >= 11 is 0. The summed E-state index contributed by atoms with van der Waals surface area (Å²) in [6, 6.07) is 9.38. The molecule has 2 amide bonds. The Hall–Kier alpha value is -2.63. The highest BCUT2D eigenvalue weighted by Crippen LogP contribution is 2.26. The lowest BCUT2D eigenvalue weighted by Crippen LogP contribution is -2.52. The first kappa shape index (κ1) is 17.2. The number of hydrogen-bond acceptors (Lipinski definition) is 3. The van der Waals surface area contributed by atoms with E-state index in [0.29, 0.717) is 31.7 Å². The molecule has 132 valence electrons. The second-order valence-electron chi connectivity index (χ2n) is 6.51. The third-order valence-electron chi connectivity index (χ3n) is 4.48. The van der Waals surface area contributed by atoms with Gasteiger partial charge in [0.2, 0.25) is 11.8 Å². The van der Waals surface area contributed by atoms with Crippen LogP contribution >= 0.6 is 0 Å². The van der Waals surface area contributed by atoms with Crippen molar-refractivity contribution in [2.24, 2.45) is 0 Å². The normalized spacial score (nSPS) is 15.0. The van der Waals surface area contributed by atoms with Crippen LogP contribution in [0.25, 0.3) is 0 Å². The minimum atomic E-state index is -0.521. The summed E-state index contributed by atoms with van der Waals surface area (Å²) in [5.74, 6) is 0.556. The minimum absolute atomic E-state index is 0.0232. The van der Waals surface area contributed by atoms with Gasteiger partial charge in [-0.1, -0.05) is 36.8 Å². The Kier molecular flexibility index (Phi) is 4.88. The SMILES string of the molecule is CC[C@H](C(=O)NCc1cccc(C)c1)N1C(=O)CCn2nc(C)cc21. The maximum Gasteiger partial charge on any atom is 0.243 e. The number of hydrogen-bond donors (Lipinski definition) is 1. The molecular formula is C19H24N4O2. The van der Waals surface area contributed by atoms with Crippen molar-refractivity contribution in [2.45, 2.75) is 52.7 Å². The van der Waals surface area contributed by atoms with Gasteiger partial charge in [0.15, 0.2) is 0 Å². The zero-order valence-electron chi connectivity index (χ0n) is 15.0. The molecule has 1 aliphatic heterocycles. The highest BCUT2D eigenvalue weighted by Gasteiger charge is 2.34. The Balaban J connectivity index is 1.77. The number of anilines is 1. The van der Waals surface area contributed by atoms with Gasteiger partial charge in [0.05, 0.1) is 12.2 Å². The lowest BCUT2D eigenvalue weighted by Gasteiger charge is -2.33. The van der Waals surface area contributed by atoms with E-state index in [1.165, 1.54) is 0 Å². The Bertz CT molecular complexity index is 796. The van der Waals surface area contributed by atoms with Gasteiger partial charge in [-0.05, 0) is 25.8 Å². The predicted octanol–water partition coefficient (Wildman–Crippen LogP) is 2.33. The second kappa shape index (κ2) is 7.09. The molecule has 0 saturated heterocycles. The first-order chi connectivity index (χ1) is 12.0. The maximum absolute atomic E-state index is 12.8. The summed E-state index contributed by atoms with van der Waals surface area (Å²) < 4.78 is 1.81. The van der Waals surface area contributed by atoms with Crippen LogP contribution in [0.15, 0.2) is 30.3 Å². The minimum Gasteiger partial charge on any atom is -0.350 e. The smallest absolute Gasteiger partial charge is 0.243 e. The molecule has 1 aromatic carbocycles. The van der Waals surface area contributed by atoms with Crippen LogP contribution in [-0.4, -0.2) is 27.6 Å². The van der Waals surface area contributed by atoms with Crippen LogP contribution in [-0.2, 0) is 22.7 Å². The van der Waals surface area contributed by atoms with Crippen LogP contribution in [0.5, 0.6) is 0 Å². The van der Waals surface area contributed by atoms with Crippen LogP contribution in [0.1, 0.15) is 36.6 Å². The molecule has 2 heterocycles. The molecule has 25 heavy (non-hydrogen) atoms. The lowest BCUT2D eigenvalue weighted by molar-refractivity contribution is -0.127. The van der Waals surface area contributed by atoms with Gasteiger partial charge < -0.3 is 5.32 Å². The Morgan fingerprint density at radius 1 is 1.32 bits per heavy atom. The number of aryl methyl sites for hydroxylation is 3. The number of rotatable bonds is 5. The van der Waals surface area contributed by atoms with Gasteiger partial charge in [0.1, 0.15) is 11.9 Å². The maximum atomic E-state index is 12.8. The predicted molar refractivity (Wildman–Crippen MR) is 96.2 cm³/mol. The van der Waals surface area contributed by atoms with Crippen molar-refractivity contribution in [3.8, 4) is 0 Å². The monoisotopic (exact) mass is 340 g/mol. The first-order valence-corrected chi connectivity index (χ1v) is 8.69. The Labute approximate surface area is 147 Å². The fourth-order valence-corrected chi connectivity index (χ4v) is 3.29. The summed E-state index contributed by atoms with van der Waals surface area (Å²) in [6.45, 7) is 6.87. The summed E-state index contributed by atoms with van der Waals surface area (Å²) in [7, 11) is 0. The van der Waals surface area contributed by atoms with Crippen LogP contribution in [0, 0.1) is 13.8 Å². The van der Waals surface area contributed by atoms with E-state index in [4.69, 9.17) is 0 Å². The molecule has 1 N–H and O–H groups in total. The molecule has 0 bridgehead atoms. The van der Waals surface area contributed by atoms with Crippen LogP contribution < -0.4 is 10.2 Å². The number of nitrogens with one attached hydrogen (secondary N) is 1. The molecule has 1 aliphatic rings. The van der Waals surface area contributed by atoms with Crippen molar-refractivity contribution in [2.75, 3.05) is 4.90 Å². The van der Waals surface area contributed by atoms with Crippen molar-refractivity contribution in [3.05, 3.63) is 47.2 Å². The Morgan fingerprint density at radius 3 is 2.84 bits per heavy atom. The van der Waals surface area contributed by atoms with E-state index in [-0.39, 0.29) is 11.8 Å². The van der Waals surface area contributed by atoms with E-state index in [2.05, 4.69) is 10.4 Å². The molecule has 0 unspecified atom stereocenters. The van der Waals surface area contributed by atoms with Crippen LogP contribution in [0.3, 0.4) is 0 Å². The van der Waals surface area contributed by atoms with Crippen molar-refractivity contribution in [1.29, 1.82) is 0 Å². The quantitative estimate of drug-likeness (QED) is 0.908. The lowest BCUT2D eigenvalue weighted by atomic mass is 10.1. The molecule has 6 nitrogen and oxygen atoms in total. The molecule has 0 fully saturated rings. The molecular weight excluding hydrogens is 316 g/mol. The second-order valence-corrected chi connectivity index (χ2v) is 6.51. The van der Waals surface area contributed by atoms with E-state index in [9.17, 15) is 9.59 Å². The number of aromatic nitrogens is 2. The molecule has 0 radical (unpaired) electrons. The third kappa shape index (κ3) is 3.57. The summed E-state index contributed by atoms with van der Waals surface area (Å²) in [4.78, 5) is 26.9. The molecule has 1 atom stereocenters. The van der Waals surface area contributed by atoms with E-state index >= 15 is 0 Å². The van der Waals surface area contributed by atoms with Gasteiger partial charge in [0, 0.05) is 19.0 Å². The number of fused-ring (bicyclic) bond motifs is 1. The summed E-state index contributed by atoms with van der Waals surface area (Å²) in [5, 5.41) is 7.38. The van der Waals surface area contributed by atoms with Crippen molar-refractivity contribution in [3.63, 3.8) is 0 Å². The number of carbonyl (C=O) groups excluding carboxylic acids is 2. The number of benzene rings is 1. The number of carbonyl (C=O) groups is 2. The first-order valence-electron chi connectivity index (χ1n) is 8.69. The molecule has 2 aromatic rings. The fraction of sp³-hybridized carbons (Fsp3) is 0.421. The molecule has 0 aliphatic carbocycles. The van der Waals surface area contributed by atoms with Crippen LogP contribution in [0.2, 0.25) is 0 Å². The van der Waals surface area contributed by atoms with Gasteiger partial charge >= 0.3 is 0 Å². The fourth-order valence-electron chi connectivity index (χ4n) is 3.29. The van der Waals surface area contributed by atoms with Gasteiger partial charge in [-0.25, -0.2) is 4.68 Å². The molecule has 0 saturated carbocycles. The zero-order valence-corrected chi connectivity index (χ0v) is 15.0. The average molecular weight is 340 g/mol. The zero-order chi connectivity index (χ0) is 18.0. The molecule has 0 spiro atoms. The molecule has 6 heteroatoms. The largest absolute Gasteiger partial charge is 0.350 e.